The van der Waals surface area contributed by atoms with E-state index in [4.69, 9.17) is 5.73 Å². The highest BCUT2D eigenvalue weighted by Crippen LogP contribution is 2.43. The molecule has 1 aliphatic rings. The molecule has 25 heavy (non-hydrogen) atoms. The molecule has 1 aliphatic heterocycles. The van der Waals surface area contributed by atoms with Crippen LogP contribution in [0.1, 0.15) is 23.1 Å². The topological polar surface area (TPSA) is 29.3 Å². The monoisotopic (exact) mass is 328 g/mol. The molecule has 0 spiro atoms. The average molecular weight is 328 g/mol. The van der Waals surface area contributed by atoms with Gasteiger partial charge in [-0.05, 0) is 23.1 Å². The van der Waals surface area contributed by atoms with Crippen molar-refractivity contribution in [1.82, 2.24) is 4.90 Å². The third-order valence-electron chi connectivity index (χ3n) is 5.27. The molecular weight excluding hydrogens is 304 g/mol. The second-order valence-corrected chi connectivity index (χ2v) is 6.80. The van der Waals surface area contributed by atoms with Crippen LogP contribution in [-0.4, -0.2) is 24.0 Å². The molecule has 3 aromatic carbocycles. The molecule has 4 rings (SSSR count). The molecule has 2 heteroatoms. The van der Waals surface area contributed by atoms with Gasteiger partial charge in [0, 0.05) is 19.1 Å². The first kappa shape index (κ1) is 16.1. The van der Waals surface area contributed by atoms with Gasteiger partial charge in [0.2, 0.25) is 0 Å². The van der Waals surface area contributed by atoms with Gasteiger partial charge in [-0.3, -0.25) is 4.90 Å². The van der Waals surface area contributed by atoms with E-state index in [2.05, 4.69) is 95.9 Å². The first-order valence-electron chi connectivity index (χ1n) is 8.99. The molecule has 0 saturated carbocycles. The van der Waals surface area contributed by atoms with Crippen molar-refractivity contribution < 1.29 is 0 Å². The van der Waals surface area contributed by atoms with E-state index in [1.807, 2.05) is 0 Å². The summed E-state index contributed by atoms with van der Waals surface area (Å²) in [5, 5.41) is 0. The van der Waals surface area contributed by atoms with Crippen molar-refractivity contribution in [3.8, 4) is 0 Å². The Morgan fingerprint density at radius 2 is 1.08 bits per heavy atom. The summed E-state index contributed by atoms with van der Waals surface area (Å²) in [5.74, 6) is 0. The van der Waals surface area contributed by atoms with Gasteiger partial charge in [-0.2, -0.15) is 0 Å². The minimum absolute atomic E-state index is 0.232. The smallest absolute Gasteiger partial charge is 0.0973 e. The quantitative estimate of drug-likeness (QED) is 0.733. The molecule has 1 heterocycles. The van der Waals surface area contributed by atoms with Crippen molar-refractivity contribution in [2.45, 2.75) is 18.0 Å². The van der Waals surface area contributed by atoms with E-state index in [1.54, 1.807) is 0 Å². The maximum atomic E-state index is 6.31. The Hall–Kier alpha value is -2.42. The van der Waals surface area contributed by atoms with Gasteiger partial charge in [0.05, 0.1) is 5.54 Å². The van der Waals surface area contributed by atoms with Crippen molar-refractivity contribution >= 4 is 0 Å². The van der Waals surface area contributed by atoms with Crippen LogP contribution in [0.5, 0.6) is 0 Å². The molecule has 1 unspecified atom stereocenters. The molecular formula is C23H24N2. The lowest BCUT2D eigenvalue weighted by Crippen LogP contribution is -2.47. The van der Waals surface area contributed by atoms with Crippen molar-refractivity contribution in [3.05, 3.63) is 108 Å². The normalized spacial score (nSPS) is 18.4. The summed E-state index contributed by atoms with van der Waals surface area (Å²) >= 11 is 0. The fraction of sp³-hybridized carbons (Fsp3) is 0.217. The zero-order chi connectivity index (χ0) is 17.1. The molecule has 3 aromatic rings. The summed E-state index contributed by atoms with van der Waals surface area (Å²) in [6.45, 7) is 1.90. The molecule has 2 N–H and O–H groups in total. The third kappa shape index (κ3) is 2.78. The van der Waals surface area contributed by atoms with Gasteiger partial charge in [-0.15, -0.1) is 0 Å². The van der Waals surface area contributed by atoms with Gasteiger partial charge < -0.3 is 5.73 Å². The van der Waals surface area contributed by atoms with Crippen LogP contribution in [0.4, 0.5) is 0 Å². The maximum absolute atomic E-state index is 6.31. The van der Waals surface area contributed by atoms with Gasteiger partial charge in [0.25, 0.3) is 0 Å². The first-order valence-corrected chi connectivity index (χ1v) is 8.99. The zero-order valence-electron chi connectivity index (χ0n) is 14.4. The summed E-state index contributed by atoms with van der Waals surface area (Å²) < 4.78 is 0. The second-order valence-electron chi connectivity index (χ2n) is 6.80. The number of nitrogens with zero attached hydrogens (tertiary/aromatic N) is 1. The Balaban J connectivity index is 2.01. The van der Waals surface area contributed by atoms with E-state index >= 15 is 0 Å². The molecule has 0 amide bonds. The zero-order valence-corrected chi connectivity index (χ0v) is 14.4. The number of nitrogens with two attached hydrogens (primary N) is 1. The van der Waals surface area contributed by atoms with Crippen LogP contribution in [0, 0.1) is 0 Å². The summed E-state index contributed by atoms with van der Waals surface area (Å²) in [5.41, 5.74) is 9.89. The molecule has 2 nitrogen and oxygen atoms in total. The summed E-state index contributed by atoms with van der Waals surface area (Å²) in [4.78, 5) is 2.55. The summed E-state index contributed by atoms with van der Waals surface area (Å²) in [6.07, 6.45) is 1.04. The van der Waals surface area contributed by atoms with Crippen LogP contribution in [0.15, 0.2) is 91.0 Å². The molecule has 126 valence electrons. The van der Waals surface area contributed by atoms with Gasteiger partial charge in [0.15, 0.2) is 0 Å². The number of rotatable bonds is 4. The molecule has 0 radical (unpaired) electrons. The maximum Gasteiger partial charge on any atom is 0.0973 e. The SMILES string of the molecule is NC1CCN(C(c2ccccc2)(c2ccccc2)c2ccccc2)C1. The standard InChI is InChI=1S/C23H24N2/c24-22-16-17-25(18-22)23(19-10-4-1-5-11-19,20-12-6-2-7-13-20)21-14-8-3-9-15-21/h1-15,22H,16-18,24H2. The second kappa shape index (κ2) is 6.83. The lowest BCUT2D eigenvalue weighted by molar-refractivity contribution is 0.196. The van der Waals surface area contributed by atoms with Crippen molar-refractivity contribution in [1.29, 1.82) is 0 Å². The van der Waals surface area contributed by atoms with Crippen molar-refractivity contribution in [2.75, 3.05) is 13.1 Å². The van der Waals surface area contributed by atoms with Crippen molar-refractivity contribution in [3.63, 3.8) is 0 Å². The lowest BCUT2D eigenvalue weighted by atomic mass is 9.75. The number of benzene rings is 3. The Kier molecular flexibility index (Phi) is 4.39. The molecule has 1 atom stereocenters. The Morgan fingerprint density at radius 1 is 0.680 bits per heavy atom. The summed E-state index contributed by atoms with van der Waals surface area (Å²) in [7, 11) is 0. The third-order valence-corrected chi connectivity index (χ3v) is 5.27. The van der Waals surface area contributed by atoms with Gasteiger partial charge in [-0.1, -0.05) is 91.0 Å². The van der Waals surface area contributed by atoms with Crippen LogP contribution >= 0.6 is 0 Å². The first-order chi connectivity index (χ1) is 12.3. The van der Waals surface area contributed by atoms with Gasteiger partial charge >= 0.3 is 0 Å². The molecule has 0 bridgehead atoms. The highest BCUT2D eigenvalue weighted by atomic mass is 15.2. The molecule has 0 aromatic heterocycles. The Bertz CT molecular complexity index is 703. The largest absolute Gasteiger partial charge is 0.326 e. The predicted octanol–water partition coefficient (Wildman–Crippen LogP) is 4.01. The van der Waals surface area contributed by atoms with Crippen LogP contribution < -0.4 is 5.73 Å². The number of hydrogen-bond acceptors (Lipinski definition) is 2. The Labute approximate surface area is 149 Å². The van der Waals surface area contributed by atoms with Crippen LogP contribution in [-0.2, 0) is 5.54 Å². The average Bonchev–Trinajstić information content (AvgIpc) is 3.12. The fourth-order valence-electron chi connectivity index (χ4n) is 4.18. The van der Waals surface area contributed by atoms with Crippen molar-refractivity contribution in [2.24, 2.45) is 5.73 Å². The van der Waals surface area contributed by atoms with E-state index in [1.165, 1.54) is 16.7 Å². The van der Waals surface area contributed by atoms with Crippen LogP contribution in [0.2, 0.25) is 0 Å². The lowest BCUT2D eigenvalue weighted by Gasteiger charge is -2.44. The highest BCUT2D eigenvalue weighted by Gasteiger charge is 2.44. The van der Waals surface area contributed by atoms with E-state index in [0.29, 0.717) is 0 Å². The van der Waals surface area contributed by atoms with Gasteiger partial charge in [-0.25, -0.2) is 0 Å². The molecule has 0 aliphatic carbocycles. The minimum atomic E-state index is -0.308. The van der Waals surface area contributed by atoms with Gasteiger partial charge in [0.1, 0.15) is 0 Å². The van der Waals surface area contributed by atoms with E-state index in [-0.39, 0.29) is 11.6 Å². The van der Waals surface area contributed by atoms with E-state index in [9.17, 15) is 0 Å². The summed E-state index contributed by atoms with van der Waals surface area (Å²) in [6, 6.07) is 32.7. The minimum Gasteiger partial charge on any atom is -0.326 e. The fourth-order valence-corrected chi connectivity index (χ4v) is 4.18. The van der Waals surface area contributed by atoms with E-state index < -0.39 is 0 Å². The Morgan fingerprint density at radius 3 is 1.40 bits per heavy atom. The van der Waals surface area contributed by atoms with E-state index in [0.717, 1.165) is 19.5 Å². The van der Waals surface area contributed by atoms with Crippen LogP contribution in [0.3, 0.4) is 0 Å². The van der Waals surface area contributed by atoms with Crippen LogP contribution in [0.25, 0.3) is 0 Å². The highest BCUT2D eigenvalue weighted by molar-refractivity contribution is 5.49. The predicted molar refractivity (Wildman–Crippen MR) is 103 cm³/mol. The molecule has 1 fully saturated rings. The number of likely N-dealkylation sites (tertiary alicyclic amines) is 1. The number of hydrogen-bond donors (Lipinski definition) is 1. The molecule has 1 saturated heterocycles.